The third kappa shape index (κ3) is 1.71. The first-order valence-corrected chi connectivity index (χ1v) is 6.22. The summed E-state index contributed by atoms with van der Waals surface area (Å²) in [5.41, 5.74) is 0.0803. The van der Waals surface area contributed by atoms with E-state index in [0.717, 1.165) is 29.2 Å². The summed E-state index contributed by atoms with van der Waals surface area (Å²) in [7, 11) is 0. The van der Waals surface area contributed by atoms with E-state index in [1.807, 2.05) is 31.2 Å². The number of rotatable bonds is 2. The second-order valence-electron chi connectivity index (χ2n) is 4.91. The second kappa shape index (κ2) is 4.18. The van der Waals surface area contributed by atoms with Gasteiger partial charge in [0.25, 0.3) is 0 Å². The van der Waals surface area contributed by atoms with Crippen LogP contribution >= 0.6 is 0 Å². The molecule has 0 bridgehead atoms. The Balaban J connectivity index is 2.12. The van der Waals surface area contributed by atoms with Crippen molar-refractivity contribution in [1.29, 1.82) is 0 Å². The molecule has 0 radical (unpaired) electrons. The molecule has 0 aliphatic carbocycles. The lowest BCUT2D eigenvalue weighted by Gasteiger charge is -2.22. The summed E-state index contributed by atoms with van der Waals surface area (Å²) in [4.78, 5) is 16.7. The van der Waals surface area contributed by atoms with Crippen molar-refractivity contribution in [2.75, 3.05) is 6.61 Å². The molecule has 1 aliphatic heterocycles. The van der Waals surface area contributed by atoms with Gasteiger partial charge in [-0.1, -0.05) is 18.2 Å². The standard InChI is InChI=1S/C15H15NO2/c1-15(7-3-9-18-15)14(17)13-5-2-4-11-10-16-8-6-12(11)13/h2,4-6,8,10H,3,7,9H2,1H3. The average molecular weight is 241 g/mol. The van der Waals surface area contributed by atoms with Crippen molar-refractivity contribution in [2.24, 2.45) is 0 Å². The largest absolute Gasteiger partial charge is 0.367 e. The maximum absolute atomic E-state index is 12.6. The Bertz CT molecular complexity index is 595. The number of fused-ring (bicyclic) bond motifs is 1. The average Bonchev–Trinajstić information content (AvgIpc) is 2.85. The minimum Gasteiger partial charge on any atom is -0.367 e. The fourth-order valence-corrected chi connectivity index (χ4v) is 2.56. The topological polar surface area (TPSA) is 39.2 Å². The zero-order valence-electron chi connectivity index (χ0n) is 10.3. The van der Waals surface area contributed by atoms with E-state index in [-0.39, 0.29) is 5.78 Å². The van der Waals surface area contributed by atoms with Crippen molar-refractivity contribution in [3.05, 3.63) is 42.2 Å². The van der Waals surface area contributed by atoms with Gasteiger partial charge in [-0.3, -0.25) is 9.78 Å². The Kier molecular flexibility index (Phi) is 2.63. The van der Waals surface area contributed by atoms with Gasteiger partial charge in [0.15, 0.2) is 5.78 Å². The first-order valence-electron chi connectivity index (χ1n) is 6.22. The highest BCUT2D eigenvalue weighted by molar-refractivity contribution is 6.11. The molecule has 3 heteroatoms. The number of aromatic nitrogens is 1. The van der Waals surface area contributed by atoms with Gasteiger partial charge in [0.2, 0.25) is 0 Å². The molecule has 0 amide bonds. The molecule has 3 nitrogen and oxygen atoms in total. The molecular weight excluding hydrogens is 226 g/mol. The van der Waals surface area contributed by atoms with E-state index in [0.29, 0.717) is 6.61 Å². The van der Waals surface area contributed by atoms with Crippen LogP contribution in [0.4, 0.5) is 0 Å². The number of Topliss-reactive ketones (excluding diaryl/α,β-unsaturated/α-hetero) is 1. The Labute approximate surface area is 106 Å². The third-order valence-corrected chi connectivity index (χ3v) is 3.62. The van der Waals surface area contributed by atoms with Gasteiger partial charge < -0.3 is 4.74 Å². The van der Waals surface area contributed by atoms with E-state index in [1.165, 1.54) is 0 Å². The van der Waals surface area contributed by atoms with Crippen LogP contribution in [0.5, 0.6) is 0 Å². The molecule has 1 aliphatic rings. The molecule has 2 heterocycles. The lowest BCUT2D eigenvalue weighted by molar-refractivity contribution is 0.0215. The van der Waals surface area contributed by atoms with Gasteiger partial charge in [0, 0.05) is 30.0 Å². The Morgan fingerprint density at radius 3 is 3.06 bits per heavy atom. The van der Waals surface area contributed by atoms with Crippen molar-refractivity contribution >= 4 is 16.6 Å². The highest BCUT2D eigenvalue weighted by Crippen LogP contribution is 2.31. The summed E-state index contributed by atoms with van der Waals surface area (Å²) in [6.07, 6.45) is 5.25. The van der Waals surface area contributed by atoms with Crippen LogP contribution in [0.25, 0.3) is 10.8 Å². The predicted octanol–water partition coefficient (Wildman–Crippen LogP) is 2.99. The molecule has 1 saturated heterocycles. The van der Waals surface area contributed by atoms with Gasteiger partial charge in [0.05, 0.1) is 0 Å². The molecule has 0 N–H and O–H groups in total. The summed E-state index contributed by atoms with van der Waals surface area (Å²) in [5, 5.41) is 1.94. The van der Waals surface area contributed by atoms with Crippen LogP contribution in [0.1, 0.15) is 30.1 Å². The number of carbonyl (C=O) groups excluding carboxylic acids is 1. The van der Waals surface area contributed by atoms with Crippen molar-refractivity contribution in [1.82, 2.24) is 4.98 Å². The Morgan fingerprint density at radius 1 is 1.39 bits per heavy atom. The molecule has 1 aromatic carbocycles. The molecule has 0 saturated carbocycles. The summed E-state index contributed by atoms with van der Waals surface area (Å²) in [6.45, 7) is 2.57. The van der Waals surface area contributed by atoms with Crippen LogP contribution in [0, 0.1) is 0 Å². The first kappa shape index (κ1) is 11.4. The van der Waals surface area contributed by atoms with E-state index in [2.05, 4.69) is 4.98 Å². The minimum atomic E-state index is -0.655. The zero-order valence-corrected chi connectivity index (χ0v) is 10.3. The van der Waals surface area contributed by atoms with Gasteiger partial charge in [-0.15, -0.1) is 0 Å². The van der Waals surface area contributed by atoms with Crippen molar-refractivity contribution in [3.63, 3.8) is 0 Å². The van der Waals surface area contributed by atoms with Crippen LogP contribution < -0.4 is 0 Å². The van der Waals surface area contributed by atoms with Crippen molar-refractivity contribution in [2.45, 2.75) is 25.4 Å². The fourth-order valence-electron chi connectivity index (χ4n) is 2.56. The fraction of sp³-hybridized carbons (Fsp3) is 0.333. The highest BCUT2D eigenvalue weighted by Gasteiger charge is 2.38. The van der Waals surface area contributed by atoms with Crippen LogP contribution in [0.3, 0.4) is 0 Å². The second-order valence-corrected chi connectivity index (χ2v) is 4.91. The molecule has 0 spiro atoms. The molecule has 1 fully saturated rings. The van der Waals surface area contributed by atoms with Gasteiger partial charge in [0.1, 0.15) is 5.60 Å². The molecule has 1 aromatic heterocycles. The van der Waals surface area contributed by atoms with Gasteiger partial charge in [-0.2, -0.15) is 0 Å². The monoisotopic (exact) mass is 241 g/mol. The molecule has 1 unspecified atom stereocenters. The minimum absolute atomic E-state index is 0.0804. The number of ketones is 1. The van der Waals surface area contributed by atoms with Gasteiger partial charge in [-0.25, -0.2) is 0 Å². The summed E-state index contributed by atoms with van der Waals surface area (Å²) in [5.74, 6) is 0.0804. The molecular formula is C15H15NO2. The van der Waals surface area contributed by atoms with Crippen molar-refractivity contribution < 1.29 is 9.53 Å². The number of carbonyl (C=O) groups is 1. The number of benzene rings is 1. The summed E-state index contributed by atoms with van der Waals surface area (Å²) >= 11 is 0. The van der Waals surface area contributed by atoms with E-state index in [4.69, 9.17) is 4.74 Å². The Morgan fingerprint density at radius 2 is 2.28 bits per heavy atom. The number of nitrogens with zero attached hydrogens (tertiary/aromatic N) is 1. The van der Waals surface area contributed by atoms with Crippen LogP contribution in [0.15, 0.2) is 36.7 Å². The first-order chi connectivity index (χ1) is 8.71. The maximum Gasteiger partial charge on any atom is 0.194 e. The van der Waals surface area contributed by atoms with E-state index in [9.17, 15) is 4.79 Å². The predicted molar refractivity (Wildman–Crippen MR) is 69.7 cm³/mol. The SMILES string of the molecule is CC1(C(=O)c2cccc3cnccc23)CCCO1. The van der Waals surface area contributed by atoms with Crippen molar-refractivity contribution in [3.8, 4) is 0 Å². The normalized spacial score (nSPS) is 23.4. The number of pyridine rings is 1. The number of hydrogen-bond acceptors (Lipinski definition) is 3. The molecule has 3 rings (SSSR count). The van der Waals surface area contributed by atoms with Crippen LogP contribution in [-0.4, -0.2) is 23.0 Å². The van der Waals surface area contributed by atoms with Gasteiger partial charge >= 0.3 is 0 Å². The lowest BCUT2D eigenvalue weighted by Crippen LogP contribution is -2.34. The molecule has 18 heavy (non-hydrogen) atoms. The summed E-state index contributed by atoms with van der Waals surface area (Å²) in [6, 6.07) is 7.63. The van der Waals surface area contributed by atoms with E-state index < -0.39 is 5.60 Å². The maximum atomic E-state index is 12.6. The highest BCUT2D eigenvalue weighted by atomic mass is 16.5. The third-order valence-electron chi connectivity index (χ3n) is 3.62. The van der Waals surface area contributed by atoms with Crippen LogP contribution in [0.2, 0.25) is 0 Å². The number of ether oxygens (including phenoxy) is 1. The quantitative estimate of drug-likeness (QED) is 0.759. The number of hydrogen-bond donors (Lipinski definition) is 0. The summed E-state index contributed by atoms with van der Waals surface area (Å²) < 4.78 is 5.64. The lowest BCUT2D eigenvalue weighted by atomic mass is 9.90. The van der Waals surface area contributed by atoms with E-state index >= 15 is 0 Å². The van der Waals surface area contributed by atoms with Crippen LogP contribution in [-0.2, 0) is 4.74 Å². The zero-order chi connectivity index (χ0) is 12.6. The molecule has 1 atom stereocenters. The van der Waals surface area contributed by atoms with E-state index in [1.54, 1.807) is 12.4 Å². The van der Waals surface area contributed by atoms with Gasteiger partial charge in [-0.05, 0) is 31.2 Å². The molecule has 92 valence electrons. The smallest absolute Gasteiger partial charge is 0.194 e. The Hall–Kier alpha value is -1.74. The molecule has 2 aromatic rings.